The molecule has 2 aliphatic heterocycles. The third kappa shape index (κ3) is 5.03. The average Bonchev–Trinajstić information content (AvgIpc) is 3.11. The quantitative estimate of drug-likeness (QED) is 0.430. The maximum absolute atomic E-state index is 13.3. The molecule has 2 aromatic rings. The number of ether oxygens (including phenoxy) is 1. The summed E-state index contributed by atoms with van der Waals surface area (Å²) in [7, 11) is 0. The first-order chi connectivity index (χ1) is 16.8. The zero-order valence-corrected chi connectivity index (χ0v) is 21.2. The third-order valence-corrected chi connectivity index (χ3v) is 7.38. The highest BCUT2D eigenvalue weighted by Gasteiger charge is 2.33. The number of benzene rings is 1. The molecule has 7 nitrogen and oxygen atoms in total. The molecule has 0 saturated carbocycles. The van der Waals surface area contributed by atoms with E-state index in [0.717, 1.165) is 5.56 Å². The number of carbonyl (C=O) groups excluding carboxylic acids is 1. The van der Waals surface area contributed by atoms with Crippen LogP contribution in [0.15, 0.2) is 34.0 Å². The average molecular weight is 513 g/mol. The van der Waals surface area contributed by atoms with E-state index < -0.39 is 0 Å². The number of nitrogens with zero attached hydrogens (tertiary/aromatic N) is 4. The summed E-state index contributed by atoms with van der Waals surface area (Å²) >= 11 is 6.66. The molecule has 0 spiro atoms. The van der Waals surface area contributed by atoms with Gasteiger partial charge in [0.1, 0.15) is 27.6 Å². The number of hydrogen-bond donors (Lipinski definition) is 0. The molecule has 0 atom stereocenters. The molecule has 0 N–H and O–H groups in total. The predicted octanol–water partition coefficient (Wildman–Crippen LogP) is 3.82. The summed E-state index contributed by atoms with van der Waals surface area (Å²) in [6, 6.07) is 8.00. The van der Waals surface area contributed by atoms with Gasteiger partial charge in [0.25, 0.3) is 11.5 Å². The van der Waals surface area contributed by atoms with E-state index in [0.29, 0.717) is 65.4 Å². The Morgan fingerprint density at radius 2 is 1.91 bits per heavy atom. The van der Waals surface area contributed by atoms with Gasteiger partial charge >= 0.3 is 0 Å². The van der Waals surface area contributed by atoms with Crippen LogP contribution in [0.1, 0.15) is 35.6 Å². The Hall–Kier alpha value is -3.00. The fourth-order valence-corrected chi connectivity index (χ4v) is 5.47. The second-order valence-electron chi connectivity index (χ2n) is 8.30. The minimum atomic E-state index is -0.347. The number of aromatic nitrogens is 1. The number of thiocarbonyl (C=S) groups is 1. The first kappa shape index (κ1) is 25.1. The zero-order valence-electron chi connectivity index (χ0n) is 19.5. The van der Waals surface area contributed by atoms with Crippen LogP contribution in [0, 0.1) is 24.1 Å². The molecule has 1 amide bonds. The molecule has 0 bridgehead atoms. The fraction of sp³-hybridized carbons (Fsp3) is 0.360. The van der Waals surface area contributed by atoms with Gasteiger partial charge in [0.05, 0.1) is 24.7 Å². The van der Waals surface area contributed by atoms with Crippen molar-refractivity contribution in [3.63, 3.8) is 0 Å². The van der Waals surface area contributed by atoms with Gasteiger partial charge in [0.15, 0.2) is 0 Å². The van der Waals surface area contributed by atoms with E-state index in [1.54, 1.807) is 29.7 Å². The first-order valence-corrected chi connectivity index (χ1v) is 12.6. The van der Waals surface area contributed by atoms with E-state index in [1.165, 1.54) is 28.8 Å². The standard InChI is InChI=1S/C25H25FN4O3S2/c1-3-8-29-22(28-9-11-33-12-10-28)19(16(2)20(14-27)23(29)31)13-21-24(32)30(25(34)35-21)15-17-4-6-18(26)7-5-17/h4-7,13H,3,8-12,15H2,1-2H3/b21-13+. The van der Waals surface area contributed by atoms with Crippen molar-refractivity contribution < 1.29 is 13.9 Å². The van der Waals surface area contributed by atoms with Crippen molar-refractivity contribution in [1.29, 1.82) is 5.26 Å². The van der Waals surface area contributed by atoms with E-state index in [-0.39, 0.29) is 29.4 Å². The second kappa shape index (κ2) is 10.7. The van der Waals surface area contributed by atoms with Gasteiger partial charge in [-0.1, -0.05) is 43.0 Å². The smallest absolute Gasteiger partial charge is 0.270 e. The van der Waals surface area contributed by atoms with Crippen molar-refractivity contribution in [2.45, 2.75) is 33.4 Å². The van der Waals surface area contributed by atoms with Gasteiger partial charge in [-0.3, -0.25) is 19.1 Å². The summed E-state index contributed by atoms with van der Waals surface area (Å²) in [4.78, 5) is 30.5. The van der Waals surface area contributed by atoms with Crippen molar-refractivity contribution in [2.75, 3.05) is 31.2 Å². The van der Waals surface area contributed by atoms with Crippen LogP contribution in [0.25, 0.3) is 6.08 Å². The summed E-state index contributed by atoms with van der Waals surface area (Å²) in [5.74, 6) is 0.0875. The Morgan fingerprint density at radius 1 is 1.23 bits per heavy atom. The van der Waals surface area contributed by atoms with Crippen LogP contribution in [0.2, 0.25) is 0 Å². The largest absolute Gasteiger partial charge is 0.378 e. The molecule has 2 aliphatic rings. The van der Waals surface area contributed by atoms with Crippen molar-refractivity contribution in [3.05, 3.63) is 67.6 Å². The number of rotatable bonds is 6. The van der Waals surface area contributed by atoms with Gasteiger partial charge in [0, 0.05) is 25.2 Å². The van der Waals surface area contributed by atoms with Gasteiger partial charge < -0.3 is 9.64 Å². The van der Waals surface area contributed by atoms with Crippen LogP contribution < -0.4 is 10.5 Å². The molecule has 0 aliphatic carbocycles. The number of hydrogen-bond acceptors (Lipinski definition) is 7. The highest BCUT2D eigenvalue weighted by atomic mass is 32.2. The minimum absolute atomic E-state index is 0.0727. The lowest BCUT2D eigenvalue weighted by atomic mass is 10.0. The minimum Gasteiger partial charge on any atom is -0.378 e. The van der Waals surface area contributed by atoms with E-state index in [1.807, 2.05) is 6.92 Å². The summed E-state index contributed by atoms with van der Waals surface area (Å²) < 4.78 is 20.8. The van der Waals surface area contributed by atoms with Crippen molar-refractivity contribution in [1.82, 2.24) is 9.47 Å². The SMILES string of the molecule is CCCn1c(N2CCOCC2)c(/C=C2/SC(=S)N(Cc3ccc(F)cc3)C2=O)c(C)c(C#N)c1=O. The molecule has 0 radical (unpaired) electrons. The number of nitriles is 1. The lowest BCUT2D eigenvalue weighted by Crippen LogP contribution is -2.41. The Kier molecular flexibility index (Phi) is 7.69. The second-order valence-corrected chi connectivity index (χ2v) is 9.98. The molecule has 1 aromatic heterocycles. The van der Waals surface area contributed by atoms with Gasteiger partial charge in [-0.2, -0.15) is 5.26 Å². The summed E-state index contributed by atoms with van der Waals surface area (Å²) in [5, 5.41) is 9.75. The highest BCUT2D eigenvalue weighted by Crippen LogP contribution is 2.36. The maximum atomic E-state index is 13.3. The molecule has 2 saturated heterocycles. The summed E-state index contributed by atoms with van der Waals surface area (Å²) in [6.45, 7) is 6.65. The summed E-state index contributed by atoms with van der Waals surface area (Å²) in [5.41, 5.74) is 1.71. The van der Waals surface area contributed by atoms with E-state index in [9.17, 15) is 19.2 Å². The van der Waals surface area contributed by atoms with Gasteiger partial charge in [0.2, 0.25) is 0 Å². The van der Waals surface area contributed by atoms with Gasteiger partial charge in [-0.05, 0) is 42.7 Å². The normalized spacial score (nSPS) is 17.4. The summed E-state index contributed by atoms with van der Waals surface area (Å²) in [6.07, 6.45) is 2.46. The van der Waals surface area contributed by atoms with Crippen LogP contribution in [0.5, 0.6) is 0 Å². The molecule has 2 fully saturated rings. The number of thioether (sulfide) groups is 1. The molecule has 35 heavy (non-hydrogen) atoms. The predicted molar refractivity (Wildman–Crippen MR) is 139 cm³/mol. The van der Waals surface area contributed by atoms with Crippen LogP contribution in [-0.4, -0.2) is 46.0 Å². The lowest BCUT2D eigenvalue weighted by Gasteiger charge is -2.33. The molecule has 0 unspecified atom stereocenters. The number of morpholine rings is 1. The number of carbonyl (C=O) groups is 1. The van der Waals surface area contributed by atoms with Crippen molar-refractivity contribution >= 4 is 46.1 Å². The van der Waals surface area contributed by atoms with Crippen molar-refractivity contribution in [3.8, 4) is 6.07 Å². The van der Waals surface area contributed by atoms with Crippen LogP contribution >= 0.6 is 24.0 Å². The zero-order chi connectivity index (χ0) is 25.1. The van der Waals surface area contributed by atoms with Crippen LogP contribution in [0.4, 0.5) is 10.2 Å². The molecular formula is C25H25FN4O3S2. The Balaban J connectivity index is 1.80. The monoisotopic (exact) mass is 512 g/mol. The van der Waals surface area contributed by atoms with Gasteiger partial charge in [-0.15, -0.1) is 0 Å². The van der Waals surface area contributed by atoms with Crippen LogP contribution in [0.3, 0.4) is 0 Å². The van der Waals surface area contributed by atoms with E-state index in [2.05, 4.69) is 11.0 Å². The number of pyridine rings is 1. The molecule has 4 rings (SSSR count). The number of anilines is 1. The molecule has 3 heterocycles. The Bertz CT molecular complexity index is 1290. The highest BCUT2D eigenvalue weighted by molar-refractivity contribution is 8.26. The molecular weight excluding hydrogens is 487 g/mol. The maximum Gasteiger partial charge on any atom is 0.270 e. The van der Waals surface area contributed by atoms with E-state index >= 15 is 0 Å². The molecule has 10 heteroatoms. The third-order valence-electron chi connectivity index (χ3n) is 6.01. The Labute approximate surface area is 212 Å². The number of halogens is 1. The topological polar surface area (TPSA) is 78.6 Å². The Morgan fingerprint density at radius 3 is 2.54 bits per heavy atom. The van der Waals surface area contributed by atoms with Crippen molar-refractivity contribution in [2.24, 2.45) is 0 Å². The van der Waals surface area contributed by atoms with Crippen LogP contribution in [-0.2, 0) is 22.6 Å². The number of amides is 1. The van der Waals surface area contributed by atoms with Gasteiger partial charge in [-0.25, -0.2) is 4.39 Å². The first-order valence-electron chi connectivity index (χ1n) is 11.4. The fourth-order valence-electron chi connectivity index (χ4n) is 4.23. The molecule has 182 valence electrons. The van der Waals surface area contributed by atoms with E-state index in [4.69, 9.17) is 17.0 Å². The lowest BCUT2D eigenvalue weighted by molar-refractivity contribution is -0.122. The molecule has 1 aromatic carbocycles.